The Bertz CT molecular complexity index is 441. The van der Waals surface area contributed by atoms with Gasteiger partial charge in [-0.05, 0) is 36.8 Å². The van der Waals surface area contributed by atoms with E-state index in [1.165, 1.54) is 10.5 Å². The molecule has 1 aliphatic carbocycles. The van der Waals surface area contributed by atoms with Gasteiger partial charge >= 0.3 is 0 Å². The molecule has 1 aromatic rings. The molecule has 2 aliphatic rings. The van der Waals surface area contributed by atoms with E-state index in [1.54, 1.807) is 11.8 Å². The summed E-state index contributed by atoms with van der Waals surface area (Å²) in [5.41, 5.74) is 0.704. The summed E-state index contributed by atoms with van der Waals surface area (Å²) < 4.78 is 11.1. The Morgan fingerprint density at radius 3 is 2.47 bits per heavy atom. The molecule has 92 valence electrons. The highest BCUT2D eigenvalue weighted by Crippen LogP contribution is 2.43. The lowest BCUT2D eigenvalue weighted by Crippen LogP contribution is -2.17. The van der Waals surface area contributed by atoms with Crippen molar-refractivity contribution >= 4 is 11.8 Å². The average Bonchev–Trinajstić information content (AvgIpc) is 3.06. The minimum atomic E-state index is -0.464. The quantitative estimate of drug-likeness (QED) is 0.837. The molecule has 1 fully saturated rings. The Balaban J connectivity index is 1.94. The normalized spacial score (nSPS) is 20.1. The van der Waals surface area contributed by atoms with Gasteiger partial charge in [-0.1, -0.05) is 0 Å². The van der Waals surface area contributed by atoms with Crippen molar-refractivity contribution in [2.75, 3.05) is 19.5 Å². The minimum absolute atomic E-state index is 0.464. The predicted molar refractivity (Wildman–Crippen MR) is 67.1 cm³/mol. The fraction of sp³-hybridized carbons (Fsp3) is 0.538. The van der Waals surface area contributed by atoms with Gasteiger partial charge in [0.1, 0.15) is 13.2 Å². The van der Waals surface area contributed by atoms with Crippen molar-refractivity contribution in [1.82, 2.24) is 0 Å². The molecule has 0 amide bonds. The summed E-state index contributed by atoms with van der Waals surface area (Å²) in [6.07, 6.45) is 4.59. The topological polar surface area (TPSA) is 38.7 Å². The van der Waals surface area contributed by atoms with Crippen LogP contribution < -0.4 is 9.47 Å². The van der Waals surface area contributed by atoms with E-state index in [1.807, 2.05) is 18.4 Å². The van der Waals surface area contributed by atoms with Gasteiger partial charge in [0.15, 0.2) is 11.5 Å². The predicted octanol–water partition coefficient (Wildman–Crippen LogP) is 2.25. The van der Waals surface area contributed by atoms with E-state index >= 15 is 0 Å². The molecule has 1 N–H and O–H groups in total. The first kappa shape index (κ1) is 11.2. The summed E-state index contributed by atoms with van der Waals surface area (Å²) in [5.74, 6) is 1.64. The van der Waals surface area contributed by atoms with Crippen molar-refractivity contribution in [2.45, 2.75) is 29.8 Å². The van der Waals surface area contributed by atoms with Crippen LogP contribution in [0.5, 0.6) is 11.5 Å². The van der Waals surface area contributed by atoms with Gasteiger partial charge in [-0.3, -0.25) is 0 Å². The van der Waals surface area contributed by atoms with Gasteiger partial charge in [0, 0.05) is 11.3 Å². The number of fused-ring (bicyclic) bond motifs is 1. The van der Waals surface area contributed by atoms with Gasteiger partial charge in [0.25, 0.3) is 0 Å². The number of hydrogen-bond acceptors (Lipinski definition) is 4. The summed E-state index contributed by atoms with van der Waals surface area (Å²) >= 11 is 1.69. The van der Waals surface area contributed by atoms with Crippen LogP contribution in [0.25, 0.3) is 0 Å². The van der Waals surface area contributed by atoms with E-state index in [0.29, 0.717) is 13.2 Å². The van der Waals surface area contributed by atoms with Crippen molar-refractivity contribution < 1.29 is 14.6 Å². The van der Waals surface area contributed by atoms with E-state index in [0.717, 1.165) is 30.8 Å². The van der Waals surface area contributed by atoms with Crippen LogP contribution in [-0.4, -0.2) is 30.2 Å². The molecular weight excluding hydrogens is 236 g/mol. The third kappa shape index (κ3) is 2.24. The number of benzene rings is 1. The summed E-state index contributed by atoms with van der Waals surface area (Å²) in [5, 5.41) is 10.0. The smallest absolute Gasteiger partial charge is 0.162 e. The SMILES string of the molecule is CSc1cc2c(cc1CC1(O)CC1)OCCO2. The Morgan fingerprint density at radius 2 is 1.88 bits per heavy atom. The fourth-order valence-corrected chi connectivity index (χ4v) is 2.73. The summed E-state index contributed by atoms with van der Waals surface area (Å²) in [6.45, 7) is 1.22. The third-order valence-corrected chi connectivity index (χ3v) is 4.11. The Hall–Kier alpha value is -0.870. The standard InChI is InChI=1S/C13H16O3S/c1-17-12-7-11-10(15-4-5-16-11)6-9(12)8-13(14)2-3-13/h6-7,14H,2-5,8H2,1H3. The molecule has 0 aromatic heterocycles. The van der Waals surface area contributed by atoms with Crippen LogP contribution in [0, 0.1) is 0 Å². The van der Waals surface area contributed by atoms with Crippen LogP contribution >= 0.6 is 11.8 Å². The van der Waals surface area contributed by atoms with Gasteiger partial charge in [-0.15, -0.1) is 11.8 Å². The van der Waals surface area contributed by atoms with Crippen LogP contribution in [-0.2, 0) is 6.42 Å². The number of ether oxygens (including phenoxy) is 2. The molecule has 1 heterocycles. The molecule has 4 heteroatoms. The van der Waals surface area contributed by atoms with Gasteiger partial charge in [0.05, 0.1) is 5.60 Å². The average molecular weight is 252 g/mol. The Labute approximate surface area is 105 Å². The van der Waals surface area contributed by atoms with Crippen LogP contribution in [0.15, 0.2) is 17.0 Å². The number of thioether (sulfide) groups is 1. The minimum Gasteiger partial charge on any atom is -0.486 e. The van der Waals surface area contributed by atoms with Crippen LogP contribution in [0.1, 0.15) is 18.4 Å². The van der Waals surface area contributed by atoms with E-state index in [9.17, 15) is 5.11 Å². The summed E-state index contributed by atoms with van der Waals surface area (Å²) in [6, 6.07) is 4.05. The van der Waals surface area contributed by atoms with Gasteiger partial charge in [0.2, 0.25) is 0 Å². The molecule has 1 saturated carbocycles. The maximum atomic E-state index is 10.0. The molecule has 0 unspecified atom stereocenters. The zero-order valence-electron chi connectivity index (χ0n) is 9.86. The molecule has 0 atom stereocenters. The lowest BCUT2D eigenvalue weighted by atomic mass is 10.1. The molecule has 1 aliphatic heterocycles. The largest absolute Gasteiger partial charge is 0.486 e. The summed E-state index contributed by atoms with van der Waals surface area (Å²) in [4.78, 5) is 1.18. The summed E-state index contributed by atoms with van der Waals surface area (Å²) in [7, 11) is 0. The van der Waals surface area contributed by atoms with Gasteiger partial charge in [-0.25, -0.2) is 0 Å². The van der Waals surface area contributed by atoms with Crippen molar-refractivity contribution in [3.05, 3.63) is 17.7 Å². The Kier molecular flexibility index (Phi) is 2.71. The molecule has 0 spiro atoms. The number of aliphatic hydroxyl groups is 1. The fourth-order valence-electron chi connectivity index (χ4n) is 2.12. The monoisotopic (exact) mass is 252 g/mol. The van der Waals surface area contributed by atoms with Crippen molar-refractivity contribution in [1.29, 1.82) is 0 Å². The van der Waals surface area contributed by atoms with E-state index < -0.39 is 5.60 Å². The van der Waals surface area contributed by atoms with Crippen LogP contribution in [0.2, 0.25) is 0 Å². The van der Waals surface area contributed by atoms with Crippen LogP contribution in [0.4, 0.5) is 0 Å². The lowest BCUT2D eigenvalue weighted by molar-refractivity contribution is 0.149. The molecule has 3 rings (SSSR count). The third-order valence-electron chi connectivity index (χ3n) is 3.29. The zero-order valence-corrected chi connectivity index (χ0v) is 10.7. The Morgan fingerprint density at radius 1 is 1.24 bits per heavy atom. The first-order chi connectivity index (χ1) is 8.20. The highest BCUT2D eigenvalue weighted by Gasteiger charge is 2.40. The molecule has 17 heavy (non-hydrogen) atoms. The number of rotatable bonds is 3. The van der Waals surface area contributed by atoms with Crippen molar-refractivity contribution in [3.8, 4) is 11.5 Å². The molecule has 0 saturated heterocycles. The first-order valence-corrected chi connectivity index (χ1v) is 7.12. The lowest BCUT2D eigenvalue weighted by Gasteiger charge is -2.21. The highest BCUT2D eigenvalue weighted by molar-refractivity contribution is 7.98. The molecular formula is C13H16O3S. The first-order valence-electron chi connectivity index (χ1n) is 5.89. The molecule has 0 radical (unpaired) electrons. The van der Waals surface area contributed by atoms with E-state index in [2.05, 4.69) is 0 Å². The zero-order chi connectivity index (χ0) is 11.9. The van der Waals surface area contributed by atoms with Crippen molar-refractivity contribution in [2.24, 2.45) is 0 Å². The second-order valence-electron chi connectivity index (χ2n) is 4.71. The highest BCUT2D eigenvalue weighted by atomic mass is 32.2. The van der Waals surface area contributed by atoms with Crippen molar-refractivity contribution in [3.63, 3.8) is 0 Å². The maximum absolute atomic E-state index is 10.0. The second-order valence-corrected chi connectivity index (χ2v) is 5.56. The maximum Gasteiger partial charge on any atom is 0.162 e. The van der Waals surface area contributed by atoms with E-state index in [-0.39, 0.29) is 0 Å². The van der Waals surface area contributed by atoms with Gasteiger partial charge < -0.3 is 14.6 Å². The second kappa shape index (κ2) is 4.10. The van der Waals surface area contributed by atoms with Gasteiger partial charge in [-0.2, -0.15) is 0 Å². The number of hydrogen-bond donors (Lipinski definition) is 1. The molecule has 3 nitrogen and oxygen atoms in total. The molecule has 0 bridgehead atoms. The van der Waals surface area contributed by atoms with E-state index in [4.69, 9.17) is 9.47 Å². The van der Waals surface area contributed by atoms with Crippen LogP contribution in [0.3, 0.4) is 0 Å². The molecule has 1 aromatic carbocycles.